The van der Waals surface area contributed by atoms with Crippen molar-refractivity contribution in [3.8, 4) is 63.2 Å². The Hall–Kier alpha value is -11.2. The molecule has 2 aliphatic carbocycles. The van der Waals surface area contributed by atoms with Gasteiger partial charge < -0.3 is 101 Å². The summed E-state index contributed by atoms with van der Waals surface area (Å²) in [7, 11) is 10.8. The van der Waals surface area contributed by atoms with Gasteiger partial charge in [0.1, 0.15) is 12.4 Å². The zero-order chi connectivity index (χ0) is 76.7. The number of hydrazone groups is 1. The van der Waals surface area contributed by atoms with E-state index >= 15 is 0 Å². The molecule has 2 N–H and O–H groups in total. The lowest BCUT2D eigenvalue weighted by atomic mass is 9.65. The Bertz CT molecular complexity index is 4180. The summed E-state index contributed by atoms with van der Waals surface area (Å²) in [5.41, 5.74) is 7.05. The van der Waals surface area contributed by atoms with Gasteiger partial charge in [0, 0.05) is 67.7 Å². The highest BCUT2D eigenvalue weighted by atomic mass is 16.7. The highest BCUT2D eigenvalue weighted by Gasteiger charge is 2.52. The third-order valence-electron chi connectivity index (χ3n) is 19.2. The first-order valence-corrected chi connectivity index (χ1v) is 35.3. The lowest BCUT2D eigenvalue weighted by molar-refractivity contribution is -0.198. The standard InChI is InChI=1S/C38H40N4O12.C37H45N3O15/c1-47-23-7-5-22(6-8-23)41-19-26-35(38(46)39-12-14-51-13-11-33(45)54-42-31(43)9-10-32(42)44)34(21-15-29(48-2)37(50-4)30(16-21)49-3)24-17-27-28(53-20-52-27)18-25(24)36(26)40-41;1-45-28-16-22(17-29(46-2)36(28)47-3)33-23-18-26-27(53-21-52-26)19-24(23)35-25(20-54-39-35)34(33)37(44)38-7-9-49-11-13-51-15-14-50-12-10-48-8-6-32(43)55-40-30(41)4-5-31(40)42/h5-8,15-18,26,34-35H,9-14,19-20H2,1-4H3,(H,39,46);16-19,25,33-34H,4-15,20-21H2,1-3H3,(H,38,44)/t26-,34+,35-;25?,33-,34+/m01/s1. The minimum atomic E-state index is -0.771. The average Bonchev–Trinajstić information content (AvgIpc) is 1.68. The molecule has 1 unspecified atom stereocenters. The lowest BCUT2D eigenvalue weighted by Gasteiger charge is -2.38. The number of nitrogens with zero attached hydrogens (tertiary/aromatic N) is 5. The fraction of sp³-hybridized carbons (Fsp3) is 0.467. The molecule has 109 heavy (non-hydrogen) atoms. The fourth-order valence-electron chi connectivity index (χ4n) is 14.1. The van der Waals surface area contributed by atoms with Crippen molar-refractivity contribution in [2.75, 3.05) is 161 Å². The van der Waals surface area contributed by atoms with Crippen molar-refractivity contribution >= 4 is 64.5 Å². The molecule has 2 fully saturated rings. The van der Waals surface area contributed by atoms with Crippen molar-refractivity contribution in [2.45, 2.75) is 50.4 Å². The van der Waals surface area contributed by atoms with Crippen LogP contribution < -0.4 is 67.7 Å². The van der Waals surface area contributed by atoms with Crippen molar-refractivity contribution in [1.29, 1.82) is 0 Å². The summed E-state index contributed by atoms with van der Waals surface area (Å²) < 4.78 is 90.1. The van der Waals surface area contributed by atoms with Crippen LogP contribution in [0.1, 0.15) is 83.7 Å². The van der Waals surface area contributed by atoms with E-state index in [1.54, 1.807) is 21.3 Å². The summed E-state index contributed by atoms with van der Waals surface area (Å²) in [4.78, 5) is 114. The number of methoxy groups -OCH3 is 7. The maximum absolute atomic E-state index is 14.6. The number of ether oxygens (including phenoxy) is 16. The predicted molar refractivity (Wildman–Crippen MR) is 378 cm³/mol. The Morgan fingerprint density at radius 1 is 0.459 bits per heavy atom. The normalized spacial score (nSPS) is 19.5. The monoisotopic (exact) mass is 1520 g/mol. The smallest absolute Gasteiger partial charge is 0.335 e. The molecule has 0 spiro atoms. The van der Waals surface area contributed by atoms with Crippen LogP contribution in [0.25, 0.3) is 0 Å². The number of imide groups is 2. The molecule has 0 saturated carbocycles. The number of hydroxylamine groups is 4. The van der Waals surface area contributed by atoms with Crippen LogP contribution >= 0.6 is 0 Å². The second-order valence-electron chi connectivity index (χ2n) is 25.5. The Balaban J connectivity index is 0.000000203. The third kappa shape index (κ3) is 17.4. The molecule has 5 aromatic carbocycles. The summed E-state index contributed by atoms with van der Waals surface area (Å²) in [6, 6.07) is 22.6. The largest absolute Gasteiger partial charge is 0.497 e. The molecular weight excluding hydrogens is 1430 g/mol. The van der Waals surface area contributed by atoms with Crippen molar-refractivity contribution in [1.82, 2.24) is 20.8 Å². The van der Waals surface area contributed by atoms with Crippen molar-refractivity contribution in [2.24, 2.45) is 33.9 Å². The molecule has 6 amide bonds. The number of hydrogen-bond acceptors (Lipinski definition) is 30. The summed E-state index contributed by atoms with van der Waals surface area (Å²) in [5, 5.41) is 18.4. The van der Waals surface area contributed by atoms with E-state index < -0.39 is 59.2 Å². The summed E-state index contributed by atoms with van der Waals surface area (Å²) in [6.45, 7) is 3.40. The summed E-state index contributed by atoms with van der Waals surface area (Å²) in [6.07, 6.45) is -0.196. The van der Waals surface area contributed by atoms with Crippen LogP contribution in [0.4, 0.5) is 5.69 Å². The average molecular weight is 1520 g/mol. The van der Waals surface area contributed by atoms with Gasteiger partial charge in [-0.2, -0.15) is 5.10 Å². The number of amides is 6. The number of carbonyl (C=O) groups excluding carboxylic acids is 8. The topological polar surface area (TPSA) is 370 Å². The maximum atomic E-state index is 14.6. The first kappa shape index (κ1) is 77.4. The van der Waals surface area contributed by atoms with E-state index in [-0.39, 0.29) is 135 Å². The molecule has 2 saturated heterocycles. The van der Waals surface area contributed by atoms with E-state index in [2.05, 4.69) is 15.8 Å². The molecule has 6 heterocycles. The zero-order valence-electron chi connectivity index (χ0n) is 61.2. The summed E-state index contributed by atoms with van der Waals surface area (Å²) >= 11 is 0. The number of anilines is 1. The number of rotatable bonds is 35. The number of nitrogens with one attached hydrogen (secondary N) is 2. The lowest BCUT2D eigenvalue weighted by Crippen LogP contribution is -2.46. The Morgan fingerprint density at radius 2 is 0.853 bits per heavy atom. The molecule has 5 aromatic rings. The van der Waals surface area contributed by atoms with Crippen molar-refractivity contribution < 1.29 is 129 Å². The highest BCUT2D eigenvalue weighted by Crippen LogP contribution is 2.55. The second kappa shape index (κ2) is 36.1. The van der Waals surface area contributed by atoms with Crippen LogP contribution in [0.15, 0.2) is 83.1 Å². The van der Waals surface area contributed by atoms with Gasteiger partial charge in [-0.25, -0.2) is 9.59 Å². The first-order valence-electron chi connectivity index (χ1n) is 35.3. The van der Waals surface area contributed by atoms with Gasteiger partial charge in [-0.05, 0) is 95.1 Å². The minimum Gasteiger partial charge on any atom is -0.497 e. The molecule has 6 aliphatic heterocycles. The van der Waals surface area contributed by atoms with Crippen LogP contribution in [0.3, 0.4) is 0 Å². The van der Waals surface area contributed by atoms with Gasteiger partial charge in [0.05, 0.1) is 170 Å². The molecule has 34 nitrogen and oxygen atoms in total. The fourth-order valence-corrected chi connectivity index (χ4v) is 14.1. The molecule has 582 valence electrons. The number of carbonyl (C=O) groups is 8. The predicted octanol–water partition coefficient (Wildman–Crippen LogP) is 4.92. The van der Waals surface area contributed by atoms with Crippen LogP contribution in [0.2, 0.25) is 0 Å². The number of oxime groups is 1. The Morgan fingerprint density at radius 3 is 1.28 bits per heavy atom. The van der Waals surface area contributed by atoms with E-state index in [0.29, 0.717) is 112 Å². The molecule has 0 radical (unpaired) electrons. The van der Waals surface area contributed by atoms with E-state index in [0.717, 1.165) is 44.8 Å². The second-order valence-corrected chi connectivity index (χ2v) is 25.5. The van der Waals surface area contributed by atoms with Crippen LogP contribution in [-0.2, 0) is 76.6 Å². The van der Waals surface area contributed by atoms with E-state index in [1.165, 1.54) is 28.4 Å². The van der Waals surface area contributed by atoms with Crippen LogP contribution in [-0.4, -0.2) is 225 Å². The molecule has 8 aliphatic rings. The molecule has 0 bridgehead atoms. The van der Waals surface area contributed by atoms with Gasteiger partial charge in [-0.1, -0.05) is 5.16 Å². The van der Waals surface area contributed by atoms with Gasteiger partial charge in [-0.15, -0.1) is 10.1 Å². The maximum Gasteiger partial charge on any atom is 0.335 e. The quantitative estimate of drug-likeness (QED) is 0.0401. The van der Waals surface area contributed by atoms with E-state index in [4.69, 9.17) is 95.4 Å². The molecule has 34 heteroatoms. The Labute approximate surface area is 625 Å². The molecule has 6 atom stereocenters. The molecule has 13 rings (SSSR count). The zero-order valence-corrected chi connectivity index (χ0v) is 61.2. The third-order valence-corrected chi connectivity index (χ3v) is 19.2. The molecular formula is C75H85N7O27. The minimum absolute atomic E-state index is 0.00735. The number of hydrogen-bond donors (Lipinski definition) is 2. The van der Waals surface area contributed by atoms with Gasteiger partial charge in [0.25, 0.3) is 23.6 Å². The first-order chi connectivity index (χ1) is 53.1. The van der Waals surface area contributed by atoms with Gasteiger partial charge in [-0.3, -0.25) is 33.8 Å². The molecule has 0 aromatic heterocycles. The SMILES string of the molecule is COc1cc([C@@H]2c3cc4c(cc3C3=NOCC3[C@@H]2C(=O)NCCOCCOCCOCCOCCC(=O)ON2C(=O)CCC2=O)OCO4)cc(OC)c1OC.COc1ccc(N2C[C@@H]3C(=N2)c2cc4c(cc2[C@@H](c2cc(OC)c(OC)c(OC)c2)[C@H]3C(=O)NCCOCCC(=O)ON2C(=O)CCC2=O)OCO4)cc1. The van der Waals surface area contributed by atoms with Crippen molar-refractivity contribution in [3.63, 3.8) is 0 Å². The Kier molecular flexibility index (Phi) is 25.7. The van der Waals surface area contributed by atoms with Gasteiger partial charge in [0.15, 0.2) is 46.0 Å². The van der Waals surface area contributed by atoms with E-state index in [1.807, 2.05) is 77.8 Å². The number of fused-ring (bicyclic) bond motifs is 8. The van der Waals surface area contributed by atoms with Gasteiger partial charge >= 0.3 is 11.9 Å². The van der Waals surface area contributed by atoms with Crippen LogP contribution in [0, 0.1) is 23.7 Å². The number of benzene rings is 5. The van der Waals surface area contributed by atoms with E-state index in [9.17, 15) is 38.4 Å². The highest BCUT2D eigenvalue weighted by molar-refractivity contribution is 6.11. The van der Waals surface area contributed by atoms with Crippen molar-refractivity contribution in [3.05, 3.63) is 106 Å². The summed E-state index contributed by atoms with van der Waals surface area (Å²) in [5.74, 6) is -1.44. The van der Waals surface area contributed by atoms with Crippen LogP contribution in [0.5, 0.6) is 63.2 Å². The van der Waals surface area contributed by atoms with Gasteiger partial charge in [0.2, 0.25) is 36.9 Å².